The predicted molar refractivity (Wildman–Crippen MR) is 90.7 cm³/mol. The van der Waals surface area contributed by atoms with E-state index < -0.39 is 5.97 Å². The molecule has 0 fully saturated rings. The van der Waals surface area contributed by atoms with Crippen molar-refractivity contribution in [2.45, 2.75) is 25.9 Å². The molecule has 0 aliphatic carbocycles. The molecule has 126 valence electrons. The van der Waals surface area contributed by atoms with Gasteiger partial charge in [0.05, 0.1) is 5.56 Å². The number of nitrogens with one attached hydrogen (secondary N) is 1. The maximum absolute atomic E-state index is 11.1. The van der Waals surface area contributed by atoms with Crippen LogP contribution in [0.25, 0.3) is 0 Å². The minimum atomic E-state index is -0.907. The number of ether oxygens (including phenoxy) is 2. The molecule has 0 spiro atoms. The fraction of sp³-hybridized carbons (Fsp3) is 0.316. The van der Waals surface area contributed by atoms with E-state index in [9.17, 15) is 4.79 Å². The highest BCUT2D eigenvalue weighted by Crippen LogP contribution is 2.33. The van der Waals surface area contributed by atoms with Crippen LogP contribution in [-0.2, 0) is 6.54 Å². The highest BCUT2D eigenvalue weighted by Gasteiger charge is 2.16. The molecule has 5 heteroatoms. The van der Waals surface area contributed by atoms with Crippen LogP contribution in [0.2, 0.25) is 0 Å². The standard InChI is InChI=1S/C19H21NO4/c1-2-16(14-6-7-17-18(11-14)24-9-8-23-17)20-12-13-4-3-5-15(10-13)19(21)22/h3-7,10-11,16,20H,2,8-9,12H2,1H3,(H,21,22). The van der Waals surface area contributed by atoms with Crippen molar-refractivity contribution < 1.29 is 19.4 Å². The topological polar surface area (TPSA) is 67.8 Å². The van der Waals surface area contributed by atoms with Crippen LogP contribution in [0.4, 0.5) is 0 Å². The minimum absolute atomic E-state index is 0.161. The molecule has 0 saturated heterocycles. The van der Waals surface area contributed by atoms with Crippen molar-refractivity contribution in [3.63, 3.8) is 0 Å². The van der Waals surface area contributed by atoms with Gasteiger partial charge in [-0.25, -0.2) is 4.79 Å². The highest BCUT2D eigenvalue weighted by molar-refractivity contribution is 5.87. The van der Waals surface area contributed by atoms with Crippen molar-refractivity contribution in [1.82, 2.24) is 5.32 Å². The molecule has 5 nitrogen and oxygen atoms in total. The van der Waals surface area contributed by atoms with Crippen molar-refractivity contribution in [2.75, 3.05) is 13.2 Å². The first-order valence-corrected chi connectivity index (χ1v) is 8.12. The normalized spacial score (nSPS) is 14.2. The molecule has 2 aromatic carbocycles. The lowest BCUT2D eigenvalue weighted by atomic mass is 10.0. The lowest BCUT2D eigenvalue weighted by Crippen LogP contribution is -2.21. The van der Waals surface area contributed by atoms with Gasteiger partial charge in [0.2, 0.25) is 0 Å². The molecule has 0 saturated carbocycles. The summed E-state index contributed by atoms with van der Waals surface area (Å²) in [5.74, 6) is 0.664. The second kappa shape index (κ2) is 7.36. The Morgan fingerprint density at radius 3 is 2.71 bits per heavy atom. The van der Waals surface area contributed by atoms with Gasteiger partial charge in [0, 0.05) is 12.6 Å². The van der Waals surface area contributed by atoms with E-state index in [4.69, 9.17) is 14.6 Å². The van der Waals surface area contributed by atoms with E-state index in [-0.39, 0.29) is 6.04 Å². The van der Waals surface area contributed by atoms with Gasteiger partial charge in [-0.1, -0.05) is 25.1 Å². The third-order valence-corrected chi connectivity index (χ3v) is 4.10. The molecule has 1 heterocycles. The Hall–Kier alpha value is -2.53. The van der Waals surface area contributed by atoms with Crippen molar-refractivity contribution in [3.8, 4) is 11.5 Å². The number of carboxylic acid groups (broad SMARTS) is 1. The maximum Gasteiger partial charge on any atom is 0.335 e. The molecule has 2 N–H and O–H groups in total. The van der Waals surface area contributed by atoms with E-state index in [0.29, 0.717) is 25.3 Å². The molecule has 1 aliphatic rings. The van der Waals surface area contributed by atoms with Crippen LogP contribution < -0.4 is 14.8 Å². The van der Waals surface area contributed by atoms with Crippen LogP contribution in [0, 0.1) is 0 Å². The van der Waals surface area contributed by atoms with Gasteiger partial charge in [-0.3, -0.25) is 0 Å². The fourth-order valence-corrected chi connectivity index (χ4v) is 2.83. The second-order valence-corrected chi connectivity index (χ2v) is 5.75. The summed E-state index contributed by atoms with van der Waals surface area (Å²) < 4.78 is 11.2. The van der Waals surface area contributed by atoms with E-state index in [1.54, 1.807) is 18.2 Å². The number of benzene rings is 2. The number of hydrogen-bond acceptors (Lipinski definition) is 4. The molecule has 1 atom stereocenters. The van der Waals surface area contributed by atoms with Crippen molar-refractivity contribution in [1.29, 1.82) is 0 Å². The third-order valence-electron chi connectivity index (χ3n) is 4.10. The Morgan fingerprint density at radius 1 is 1.17 bits per heavy atom. The van der Waals surface area contributed by atoms with Crippen molar-refractivity contribution in [3.05, 3.63) is 59.2 Å². The average Bonchev–Trinajstić information content (AvgIpc) is 2.62. The van der Waals surface area contributed by atoms with Crippen LogP contribution in [0.15, 0.2) is 42.5 Å². The first kappa shape index (κ1) is 16.3. The molecule has 24 heavy (non-hydrogen) atoms. The van der Waals surface area contributed by atoms with Crippen LogP contribution >= 0.6 is 0 Å². The number of hydrogen-bond donors (Lipinski definition) is 2. The monoisotopic (exact) mass is 327 g/mol. The van der Waals surface area contributed by atoms with Gasteiger partial charge in [-0.2, -0.15) is 0 Å². The van der Waals surface area contributed by atoms with E-state index in [1.165, 1.54) is 0 Å². The fourth-order valence-electron chi connectivity index (χ4n) is 2.83. The zero-order chi connectivity index (χ0) is 16.9. The summed E-state index contributed by atoms with van der Waals surface area (Å²) in [5, 5.41) is 12.6. The first-order valence-electron chi connectivity index (χ1n) is 8.12. The summed E-state index contributed by atoms with van der Waals surface area (Å²) in [5.41, 5.74) is 2.39. The molecular formula is C19H21NO4. The molecule has 3 rings (SSSR count). The lowest BCUT2D eigenvalue weighted by Gasteiger charge is -2.22. The summed E-state index contributed by atoms with van der Waals surface area (Å²) in [6.45, 7) is 3.88. The molecule has 0 aromatic heterocycles. The van der Waals surface area contributed by atoms with Crippen LogP contribution in [0.3, 0.4) is 0 Å². The Labute approximate surface area is 141 Å². The summed E-state index contributed by atoms with van der Waals surface area (Å²) in [4.78, 5) is 11.1. The molecule has 0 radical (unpaired) electrons. The quantitative estimate of drug-likeness (QED) is 0.851. The molecule has 1 aliphatic heterocycles. The smallest absolute Gasteiger partial charge is 0.335 e. The van der Waals surface area contributed by atoms with Crippen LogP contribution in [-0.4, -0.2) is 24.3 Å². The summed E-state index contributed by atoms with van der Waals surface area (Å²) >= 11 is 0. The van der Waals surface area contributed by atoms with Gasteiger partial charge in [0.1, 0.15) is 13.2 Å². The van der Waals surface area contributed by atoms with Gasteiger partial charge in [0.15, 0.2) is 11.5 Å². The van der Waals surface area contributed by atoms with Crippen LogP contribution in [0.1, 0.15) is 40.9 Å². The molecular weight excluding hydrogens is 306 g/mol. The number of carbonyl (C=O) groups is 1. The van der Waals surface area contributed by atoms with Crippen molar-refractivity contribution in [2.24, 2.45) is 0 Å². The Morgan fingerprint density at radius 2 is 1.96 bits per heavy atom. The van der Waals surface area contributed by atoms with E-state index in [0.717, 1.165) is 29.0 Å². The van der Waals surface area contributed by atoms with Gasteiger partial charge < -0.3 is 19.9 Å². The zero-order valence-electron chi connectivity index (χ0n) is 13.6. The highest BCUT2D eigenvalue weighted by atomic mass is 16.6. The summed E-state index contributed by atoms with van der Waals surface area (Å²) in [6.07, 6.45) is 0.915. The van der Waals surface area contributed by atoms with Gasteiger partial charge >= 0.3 is 5.97 Å². The summed E-state index contributed by atoms with van der Waals surface area (Å²) in [6, 6.07) is 13.2. The van der Waals surface area contributed by atoms with Gasteiger partial charge in [-0.05, 0) is 41.8 Å². The second-order valence-electron chi connectivity index (χ2n) is 5.75. The van der Waals surface area contributed by atoms with E-state index in [2.05, 4.69) is 12.2 Å². The number of rotatable bonds is 6. The van der Waals surface area contributed by atoms with Crippen molar-refractivity contribution >= 4 is 5.97 Å². The number of aromatic carboxylic acids is 1. The van der Waals surface area contributed by atoms with Crippen LogP contribution in [0.5, 0.6) is 11.5 Å². The SMILES string of the molecule is CCC(NCc1cccc(C(=O)O)c1)c1ccc2c(c1)OCCO2. The third kappa shape index (κ3) is 3.68. The summed E-state index contributed by atoms with van der Waals surface area (Å²) in [7, 11) is 0. The molecule has 0 bridgehead atoms. The average molecular weight is 327 g/mol. The minimum Gasteiger partial charge on any atom is -0.486 e. The van der Waals surface area contributed by atoms with E-state index in [1.807, 2.05) is 24.3 Å². The Kier molecular flexibility index (Phi) is 5.01. The molecule has 1 unspecified atom stereocenters. The Balaban J connectivity index is 1.71. The zero-order valence-corrected chi connectivity index (χ0v) is 13.6. The number of carboxylic acids is 1. The Bertz CT molecular complexity index is 729. The van der Waals surface area contributed by atoms with E-state index >= 15 is 0 Å². The number of fused-ring (bicyclic) bond motifs is 1. The largest absolute Gasteiger partial charge is 0.486 e. The maximum atomic E-state index is 11.1. The lowest BCUT2D eigenvalue weighted by molar-refractivity contribution is 0.0696. The molecule has 2 aromatic rings. The van der Waals surface area contributed by atoms with Gasteiger partial charge in [0.25, 0.3) is 0 Å². The first-order chi connectivity index (χ1) is 11.7. The predicted octanol–water partition coefficient (Wildman–Crippen LogP) is 3.40. The molecule has 0 amide bonds. The van der Waals surface area contributed by atoms with Gasteiger partial charge in [-0.15, -0.1) is 0 Å².